The number of hydrogen-bond donors (Lipinski definition) is 1. The van der Waals surface area contributed by atoms with Crippen molar-refractivity contribution in [3.8, 4) is 0 Å². The maximum absolute atomic E-state index is 12.1. The first kappa shape index (κ1) is 14.9. The van der Waals surface area contributed by atoms with Crippen LogP contribution in [0.2, 0.25) is 0 Å². The second-order valence-electron chi connectivity index (χ2n) is 5.68. The molecular formula is C16H23NO3. The minimum Gasteiger partial charge on any atom is -0.469 e. The third-order valence-corrected chi connectivity index (χ3v) is 4.43. The van der Waals surface area contributed by atoms with E-state index in [0.717, 1.165) is 16.8 Å². The van der Waals surface area contributed by atoms with Crippen LogP contribution in [-0.4, -0.2) is 31.0 Å². The first-order chi connectivity index (χ1) is 9.45. The van der Waals surface area contributed by atoms with Crippen LogP contribution in [0.3, 0.4) is 0 Å². The van der Waals surface area contributed by atoms with E-state index in [1.807, 2.05) is 43.9 Å². The molecule has 1 aliphatic rings. The second kappa shape index (κ2) is 5.44. The van der Waals surface area contributed by atoms with E-state index >= 15 is 0 Å². The highest BCUT2D eigenvalue weighted by Crippen LogP contribution is 2.42. The first-order valence-corrected chi connectivity index (χ1v) is 7.04. The molecule has 4 nitrogen and oxygen atoms in total. The van der Waals surface area contributed by atoms with Gasteiger partial charge < -0.3 is 14.7 Å². The van der Waals surface area contributed by atoms with Gasteiger partial charge in [0.1, 0.15) is 6.23 Å². The predicted octanol–water partition coefficient (Wildman–Crippen LogP) is 2.40. The maximum Gasteiger partial charge on any atom is 0.313 e. The average Bonchev–Trinajstić information content (AvgIpc) is 2.76. The van der Waals surface area contributed by atoms with Crippen LogP contribution in [0.4, 0.5) is 5.69 Å². The van der Waals surface area contributed by atoms with E-state index in [0.29, 0.717) is 19.4 Å². The van der Waals surface area contributed by atoms with Crippen molar-refractivity contribution in [2.75, 3.05) is 18.6 Å². The van der Waals surface area contributed by atoms with Crippen LogP contribution in [0.25, 0.3) is 0 Å². The Morgan fingerprint density at radius 1 is 1.45 bits per heavy atom. The molecule has 0 amide bonds. The highest BCUT2D eigenvalue weighted by atomic mass is 16.5. The zero-order chi connectivity index (χ0) is 14.9. The Hall–Kier alpha value is -1.55. The fraction of sp³-hybridized carbons (Fsp3) is 0.562. The van der Waals surface area contributed by atoms with Gasteiger partial charge >= 0.3 is 5.97 Å². The van der Waals surface area contributed by atoms with Gasteiger partial charge in [-0.25, -0.2) is 0 Å². The Labute approximate surface area is 120 Å². The van der Waals surface area contributed by atoms with Crippen molar-refractivity contribution in [3.05, 3.63) is 29.3 Å². The number of methoxy groups -OCH3 is 1. The Balaban J connectivity index is 2.38. The van der Waals surface area contributed by atoms with E-state index in [1.54, 1.807) is 0 Å². The number of para-hydroxylation sites is 1. The monoisotopic (exact) mass is 277 g/mol. The van der Waals surface area contributed by atoms with E-state index in [9.17, 15) is 9.90 Å². The Bertz CT molecular complexity index is 494. The molecule has 4 heteroatoms. The average molecular weight is 277 g/mol. The SMILES string of the molecule is CCC1(C(=O)OC)CC(O)N(c2c(C)cccc2C)C1. The molecule has 0 bridgehead atoms. The zero-order valence-corrected chi connectivity index (χ0v) is 12.6. The molecule has 2 unspecified atom stereocenters. The number of esters is 1. The highest BCUT2D eigenvalue weighted by molar-refractivity contribution is 5.79. The summed E-state index contributed by atoms with van der Waals surface area (Å²) in [4.78, 5) is 14.0. The number of hydrogen-bond acceptors (Lipinski definition) is 4. The van der Waals surface area contributed by atoms with Crippen molar-refractivity contribution in [2.24, 2.45) is 5.41 Å². The summed E-state index contributed by atoms with van der Waals surface area (Å²) in [6.07, 6.45) is 0.441. The maximum atomic E-state index is 12.1. The molecule has 2 rings (SSSR count). The van der Waals surface area contributed by atoms with E-state index in [4.69, 9.17) is 4.74 Å². The normalized spacial score (nSPS) is 25.9. The van der Waals surface area contributed by atoms with Crippen molar-refractivity contribution >= 4 is 11.7 Å². The quantitative estimate of drug-likeness (QED) is 0.862. The molecule has 110 valence electrons. The number of carbonyl (C=O) groups excluding carboxylic acids is 1. The molecule has 1 aromatic carbocycles. The van der Waals surface area contributed by atoms with Crippen LogP contribution in [0.1, 0.15) is 30.9 Å². The molecule has 0 spiro atoms. The molecule has 1 heterocycles. The van der Waals surface area contributed by atoms with Gasteiger partial charge in [-0.05, 0) is 31.4 Å². The molecule has 0 aliphatic carbocycles. The van der Waals surface area contributed by atoms with Crippen molar-refractivity contribution < 1.29 is 14.6 Å². The first-order valence-electron chi connectivity index (χ1n) is 7.04. The van der Waals surface area contributed by atoms with Crippen LogP contribution < -0.4 is 4.90 Å². The lowest BCUT2D eigenvalue weighted by Crippen LogP contribution is -2.36. The molecule has 1 N–H and O–H groups in total. The number of ether oxygens (including phenoxy) is 1. The lowest BCUT2D eigenvalue weighted by Gasteiger charge is -2.28. The number of rotatable bonds is 3. The summed E-state index contributed by atoms with van der Waals surface area (Å²) in [6, 6.07) is 6.06. The molecule has 1 saturated heterocycles. The standard InChI is InChI=1S/C16H23NO3/c1-5-16(15(19)20-4)9-13(18)17(10-16)14-11(2)7-6-8-12(14)3/h6-8,13,18H,5,9-10H2,1-4H3. The van der Waals surface area contributed by atoms with E-state index in [-0.39, 0.29) is 5.97 Å². The lowest BCUT2D eigenvalue weighted by atomic mass is 9.84. The molecule has 0 radical (unpaired) electrons. The summed E-state index contributed by atoms with van der Waals surface area (Å²) in [5.41, 5.74) is 2.64. The smallest absolute Gasteiger partial charge is 0.313 e. The molecule has 20 heavy (non-hydrogen) atoms. The fourth-order valence-electron chi connectivity index (χ4n) is 3.21. The van der Waals surface area contributed by atoms with Gasteiger partial charge in [0.2, 0.25) is 0 Å². The predicted molar refractivity (Wildman–Crippen MR) is 78.6 cm³/mol. The van der Waals surface area contributed by atoms with Crippen LogP contribution >= 0.6 is 0 Å². The van der Waals surface area contributed by atoms with Crippen LogP contribution in [0, 0.1) is 19.3 Å². The molecule has 0 saturated carbocycles. The van der Waals surface area contributed by atoms with Crippen molar-refractivity contribution in [2.45, 2.75) is 39.8 Å². The van der Waals surface area contributed by atoms with Crippen LogP contribution in [0.5, 0.6) is 0 Å². The topological polar surface area (TPSA) is 49.8 Å². The van der Waals surface area contributed by atoms with Gasteiger partial charge in [-0.2, -0.15) is 0 Å². The third kappa shape index (κ3) is 2.29. The number of aryl methyl sites for hydroxylation is 2. The summed E-state index contributed by atoms with van der Waals surface area (Å²) in [5.74, 6) is -0.229. The molecular weight excluding hydrogens is 254 g/mol. The van der Waals surface area contributed by atoms with Gasteiger partial charge in [0.05, 0.1) is 12.5 Å². The number of benzene rings is 1. The van der Waals surface area contributed by atoms with Gasteiger partial charge in [-0.15, -0.1) is 0 Å². The number of nitrogens with zero attached hydrogens (tertiary/aromatic N) is 1. The Morgan fingerprint density at radius 3 is 2.55 bits per heavy atom. The van der Waals surface area contributed by atoms with E-state index in [2.05, 4.69) is 0 Å². The van der Waals surface area contributed by atoms with E-state index < -0.39 is 11.6 Å². The molecule has 1 fully saturated rings. The van der Waals surface area contributed by atoms with Crippen molar-refractivity contribution in [3.63, 3.8) is 0 Å². The van der Waals surface area contributed by atoms with Crippen LogP contribution in [-0.2, 0) is 9.53 Å². The molecule has 1 aromatic rings. The third-order valence-electron chi connectivity index (χ3n) is 4.43. The molecule has 1 aliphatic heterocycles. The molecule has 2 atom stereocenters. The number of aliphatic hydroxyl groups is 1. The summed E-state index contributed by atoms with van der Waals surface area (Å²) >= 11 is 0. The molecule has 0 aromatic heterocycles. The van der Waals surface area contributed by atoms with Gasteiger partial charge in [0, 0.05) is 18.7 Å². The van der Waals surface area contributed by atoms with Gasteiger partial charge in [-0.1, -0.05) is 25.1 Å². The lowest BCUT2D eigenvalue weighted by molar-refractivity contribution is -0.152. The van der Waals surface area contributed by atoms with Gasteiger partial charge in [0.25, 0.3) is 0 Å². The van der Waals surface area contributed by atoms with Crippen molar-refractivity contribution in [1.29, 1.82) is 0 Å². The van der Waals surface area contributed by atoms with Gasteiger partial charge in [-0.3, -0.25) is 4.79 Å². The minimum absolute atomic E-state index is 0.229. The van der Waals surface area contributed by atoms with E-state index in [1.165, 1.54) is 7.11 Å². The largest absolute Gasteiger partial charge is 0.469 e. The zero-order valence-electron chi connectivity index (χ0n) is 12.6. The van der Waals surface area contributed by atoms with Crippen LogP contribution in [0.15, 0.2) is 18.2 Å². The second-order valence-corrected chi connectivity index (χ2v) is 5.68. The Kier molecular flexibility index (Phi) is 4.04. The summed E-state index contributed by atoms with van der Waals surface area (Å²) < 4.78 is 4.94. The van der Waals surface area contributed by atoms with Crippen molar-refractivity contribution in [1.82, 2.24) is 0 Å². The fourth-order valence-corrected chi connectivity index (χ4v) is 3.21. The number of aliphatic hydroxyl groups excluding tert-OH is 1. The summed E-state index contributed by atoms with van der Waals surface area (Å²) in [5, 5.41) is 10.4. The number of anilines is 1. The summed E-state index contributed by atoms with van der Waals surface area (Å²) in [6.45, 7) is 6.53. The minimum atomic E-state index is -0.645. The highest BCUT2D eigenvalue weighted by Gasteiger charge is 2.49. The Morgan fingerprint density at radius 2 is 2.05 bits per heavy atom. The van der Waals surface area contributed by atoms with Gasteiger partial charge in [0.15, 0.2) is 0 Å². The summed E-state index contributed by atoms with van der Waals surface area (Å²) in [7, 11) is 1.41. The number of carbonyl (C=O) groups is 1.